The molecule has 0 spiro atoms. The lowest BCUT2D eigenvalue weighted by Gasteiger charge is -2.14. The van der Waals surface area contributed by atoms with E-state index < -0.39 is 0 Å². The maximum atomic E-state index is 10.0. The van der Waals surface area contributed by atoms with E-state index in [1.54, 1.807) is 22.7 Å². The smallest absolute Gasteiger partial charge is 0.0998 e. The van der Waals surface area contributed by atoms with Gasteiger partial charge in [-0.15, -0.1) is 22.7 Å². The van der Waals surface area contributed by atoms with Crippen LogP contribution in [0.3, 0.4) is 0 Å². The van der Waals surface area contributed by atoms with E-state index in [9.17, 15) is 15.8 Å². The molecule has 0 bridgehead atoms. The summed E-state index contributed by atoms with van der Waals surface area (Å²) in [5.41, 5.74) is 8.05. The van der Waals surface area contributed by atoms with E-state index in [2.05, 4.69) is 72.8 Å². The standard InChI is InChI=1S/C39H19N3S2/c40-20-23-11-13-35-33(15-23)32-9-3-8-31(39(32)44-35)28-18-26(29-6-2-1-5-25(29)22-42)17-27(19-28)30-7-4-10-37-38(30)34-16-24(21-41)12-14-36(34)43-37/h1-19H. The predicted octanol–water partition coefficient (Wildman–Crippen LogP) is 11.0. The lowest BCUT2D eigenvalue weighted by molar-refractivity contribution is 1.48. The highest BCUT2D eigenvalue weighted by Crippen LogP contribution is 2.45. The maximum Gasteiger partial charge on any atom is 0.0998 e. The average molecular weight is 594 g/mol. The van der Waals surface area contributed by atoms with E-state index in [0.29, 0.717) is 16.7 Å². The Morgan fingerprint density at radius 3 is 1.80 bits per heavy atom. The molecule has 8 rings (SSSR count). The van der Waals surface area contributed by atoms with E-state index in [1.165, 1.54) is 0 Å². The molecule has 0 aliphatic heterocycles. The van der Waals surface area contributed by atoms with Crippen molar-refractivity contribution in [3.05, 3.63) is 132 Å². The predicted molar refractivity (Wildman–Crippen MR) is 183 cm³/mol. The van der Waals surface area contributed by atoms with Gasteiger partial charge in [0.15, 0.2) is 0 Å². The third-order valence-electron chi connectivity index (χ3n) is 8.16. The molecular formula is C39H19N3S2. The first-order valence-electron chi connectivity index (χ1n) is 14.0. The number of nitrogens with zero attached hydrogens (tertiary/aromatic N) is 3. The van der Waals surface area contributed by atoms with Crippen molar-refractivity contribution in [2.75, 3.05) is 0 Å². The monoisotopic (exact) mass is 593 g/mol. The minimum atomic E-state index is 0.623. The van der Waals surface area contributed by atoms with Crippen LogP contribution in [0.25, 0.3) is 73.7 Å². The van der Waals surface area contributed by atoms with Gasteiger partial charge >= 0.3 is 0 Å². The molecule has 0 aliphatic rings. The molecule has 0 saturated carbocycles. The third-order valence-corrected chi connectivity index (χ3v) is 10.5. The molecule has 44 heavy (non-hydrogen) atoms. The highest BCUT2D eigenvalue weighted by molar-refractivity contribution is 7.26. The van der Waals surface area contributed by atoms with E-state index in [4.69, 9.17) is 0 Å². The summed E-state index contributed by atoms with van der Waals surface area (Å²) in [4.78, 5) is 0. The van der Waals surface area contributed by atoms with Gasteiger partial charge in [0.05, 0.1) is 34.9 Å². The van der Waals surface area contributed by atoms with Crippen molar-refractivity contribution in [3.63, 3.8) is 0 Å². The Labute approximate surface area is 261 Å². The van der Waals surface area contributed by atoms with Crippen molar-refractivity contribution in [1.82, 2.24) is 0 Å². The summed E-state index contributed by atoms with van der Waals surface area (Å²) in [5, 5.41) is 33.6. The van der Waals surface area contributed by atoms with E-state index in [-0.39, 0.29) is 0 Å². The average Bonchev–Trinajstić information content (AvgIpc) is 3.65. The van der Waals surface area contributed by atoms with Gasteiger partial charge in [-0.05, 0) is 100 Å². The molecule has 0 atom stereocenters. The number of benzene rings is 6. The van der Waals surface area contributed by atoms with Crippen LogP contribution in [-0.4, -0.2) is 0 Å². The molecule has 2 aromatic heterocycles. The number of fused-ring (bicyclic) bond motifs is 6. The van der Waals surface area contributed by atoms with E-state index in [0.717, 1.165) is 73.7 Å². The zero-order valence-corrected chi connectivity index (χ0v) is 24.8. The molecule has 0 aliphatic carbocycles. The third kappa shape index (κ3) is 4.06. The first kappa shape index (κ1) is 25.9. The molecule has 0 fully saturated rings. The highest BCUT2D eigenvalue weighted by Gasteiger charge is 2.17. The van der Waals surface area contributed by atoms with E-state index >= 15 is 0 Å². The second-order valence-electron chi connectivity index (χ2n) is 10.7. The first-order chi connectivity index (χ1) is 21.6. The molecular weight excluding hydrogens is 575 g/mol. The molecule has 5 heteroatoms. The zero-order chi connectivity index (χ0) is 29.8. The minimum Gasteiger partial charge on any atom is -0.192 e. The van der Waals surface area contributed by atoms with Crippen molar-refractivity contribution in [3.8, 4) is 51.6 Å². The lowest BCUT2D eigenvalue weighted by atomic mass is 9.90. The fourth-order valence-electron chi connectivity index (χ4n) is 6.16. The summed E-state index contributed by atoms with van der Waals surface area (Å²) >= 11 is 3.46. The van der Waals surface area contributed by atoms with Crippen LogP contribution < -0.4 is 0 Å². The second-order valence-corrected chi connectivity index (χ2v) is 12.8. The van der Waals surface area contributed by atoms with Crippen LogP contribution in [0.2, 0.25) is 0 Å². The van der Waals surface area contributed by atoms with Gasteiger partial charge in [-0.1, -0.05) is 48.5 Å². The lowest BCUT2D eigenvalue weighted by Crippen LogP contribution is -1.89. The van der Waals surface area contributed by atoms with Crippen molar-refractivity contribution in [2.24, 2.45) is 0 Å². The normalized spacial score (nSPS) is 11.1. The first-order valence-corrected chi connectivity index (χ1v) is 15.6. The molecule has 8 aromatic rings. The molecule has 3 nitrogen and oxygen atoms in total. The van der Waals surface area contributed by atoms with Crippen molar-refractivity contribution < 1.29 is 0 Å². The van der Waals surface area contributed by atoms with Crippen LogP contribution in [0, 0.1) is 34.0 Å². The highest BCUT2D eigenvalue weighted by atomic mass is 32.1. The van der Waals surface area contributed by atoms with Gasteiger partial charge in [-0.2, -0.15) is 15.8 Å². The quantitative estimate of drug-likeness (QED) is 0.205. The summed E-state index contributed by atoms with van der Waals surface area (Å²) in [5.74, 6) is 0. The molecule has 6 aromatic carbocycles. The van der Waals surface area contributed by atoms with E-state index in [1.807, 2.05) is 60.7 Å². The fourth-order valence-corrected chi connectivity index (χ4v) is 8.49. The molecule has 0 amide bonds. The number of hydrogen-bond donors (Lipinski definition) is 0. The Morgan fingerprint density at radius 2 is 1.05 bits per heavy atom. The number of rotatable bonds is 3. The minimum absolute atomic E-state index is 0.623. The van der Waals surface area contributed by atoms with Gasteiger partial charge in [0, 0.05) is 40.3 Å². The molecule has 0 radical (unpaired) electrons. The van der Waals surface area contributed by atoms with Crippen LogP contribution in [0.4, 0.5) is 0 Å². The molecule has 2 heterocycles. The molecule has 0 saturated heterocycles. The summed E-state index contributed by atoms with van der Waals surface area (Å²) in [6, 6.07) is 45.8. The molecule has 0 N–H and O–H groups in total. The number of thiophene rings is 2. The Kier molecular flexibility index (Phi) is 6.00. The summed E-state index contributed by atoms with van der Waals surface area (Å²) < 4.78 is 4.61. The van der Waals surface area contributed by atoms with Crippen LogP contribution in [0.5, 0.6) is 0 Å². The van der Waals surface area contributed by atoms with Gasteiger partial charge in [-0.25, -0.2) is 0 Å². The topological polar surface area (TPSA) is 71.4 Å². The summed E-state index contributed by atoms with van der Waals surface area (Å²) in [6.07, 6.45) is 0. The largest absolute Gasteiger partial charge is 0.192 e. The summed E-state index contributed by atoms with van der Waals surface area (Å²) in [7, 11) is 0. The van der Waals surface area contributed by atoms with Crippen LogP contribution in [0.1, 0.15) is 16.7 Å². The van der Waals surface area contributed by atoms with Crippen LogP contribution >= 0.6 is 22.7 Å². The molecule has 202 valence electrons. The SMILES string of the molecule is N#Cc1ccc2sc3c(-c4cc(-c5ccccc5C#N)cc(-c5cccc6sc7ccc(C#N)cc7c56)c4)cccc3c2c1. The van der Waals surface area contributed by atoms with Gasteiger partial charge < -0.3 is 0 Å². The van der Waals surface area contributed by atoms with Crippen LogP contribution in [-0.2, 0) is 0 Å². The van der Waals surface area contributed by atoms with Gasteiger partial charge in [-0.3, -0.25) is 0 Å². The Morgan fingerprint density at radius 1 is 0.432 bits per heavy atom. The number of hydrogen-bond acceptors (Lipinski definition) is 5. The Balaban J connectivity index is 1.45. The zero-order valence-electron chi connectivity index (χ0n) is 23.1. The van der Waals surface area contributed by atoms with Gasteiger partial charge in [0.25, 0.3) is 0 Å². The second kappa shape index (κ2) is 10.2. The van der Waals surface area contributed by atoms with Crippen molar-refractivity contribution >= 4 is 63.0 Å². The Bertz CT molecular complexity index is 2600. The Hall–Kier alpha value is -5.77. The van der Waals surface area contributed by atoms with Crippen molar-refractivity contribution in [1.29, 1.82) is 15.8 Å². The van der Waals surface area contributed by atoms with Crippen molar-refractivity contribution in [2.45, 2.75) is 0 Å². The number of nitriles is 3. The molecule has 0 unspecified atom stereocenters. The maximum absolute atomic E-state index is 10.0. The van der Waals surface area contributed by atoms with Crippen LogP contribution in [0.15, 0.2) is 115 Å². The van der Waals surface area contributed by atoms with Gasteiger partial charge in [0.1, 0.15) is 0 Å². The fraction of sp³-hybridized carbons (Fsp3) is 0. The summed E-state index contributed by atoms with van der Waals surface area (Å²) in [6.45, 7) is 0. The van der Waals surface area contributed by atoms with Gasteiger partial charge in [0.2, 0.25) is 0 Å².